The fourth-order valence-corrected chi connectivity index (χ4v) is 3.18. The van der Waals surface area contributed by atoms with Crippen molar-refractivity contribution in [1.82, 2.24) is 10.2 Å². The molecule has 2 aromatic rings. The van der Waals surface area contributed by atoms with E-state index in [9.17, 15) is 14.0 Å². The van der Waals surface area contributed by atoms with Crippen LogP contribution in [-0.2, 0) is 4.79 Å². The van der Waals surface area contributed by atoms with Crippen molar-refractivity contribution in [2.24, 2.45) is 0 Å². The second-order valence-electron chi connectivity index (χ2n) is 6.45. The Morgan fingerprint density at radius 1 is 1.22 bits per heavy atom. The van der Waals surface area contributed by atoms with Gasteiger partial charge in [-0.05, 0) is 42.0 Å². The van der Waals surface area contributed by atoms with Gasteiger partial charge < -0.3 is 15.0 Å². The Kier molecular flexibility index (Phi) is 6.19. The molecule has 0 spiro atoms. The lowest BCUT2D eigenvalue weighted by Crippen LogP contribution is -2.50. The Hall–Kier alpha value is -2.73. The van der Waals surface area contributed by atoms with Gasteiger partial charge in [0.2, 0.25) is 0 Å². The van der Waals surface area contributed by atoms with Gasteiger partial charge >= 0.3 is 0 Å². The average Bonchev–Trinajstić information content (AvgIpc) is 2.72. The maximum absolute atomic E-state index is 13.6. The minimum atomic E-state index is -0.316. The van der Waals surface area contributed by atoms with Crippen LogP contribution in [0.2, 0.25) is 0 Å². The summed E-state index contributed by atoms with van der Waals surface area (Å²) in [5.74, 6) is 0.132. The molecule has 6 heteroatoms. The number of ether oxygens (including phenoxy) is 1. The van der Waals surface area contributed by atoms with Crippen LogP contribution in [0.1, 0.15) is 35.3 Å². The van der Waals surface area contributed by atoms with Gasteiger partial charge in [-0.15, -0.1) is 0 Å². The molecular formula is C21H23FN2O3. The van der Waals surface area contributed by atoms with Crippen molar-refractivity contribution in [3.05, 3.63) is 65.5 Å². The first-order valence-electron chi connectivity index (χ1n) is 9.10. The SMILES string of the molecule is CCC(=O)c1ccc(OCC(=O)N2CCNCC2c2cccc(F)c2)cc1. The molecule has 1 aliphatic heterocycles. The van der Waals surface area contributed by atoms with E-state index in [1.807, 2.05) is 13.0 Å². The summed E-state index contributed by atoms with van der Waals surface area (Å²) in [6.07, 6.45) is 0.448. The predicted octanol–water partition coefficient (Wildman–Crippen LogP) is 2.97. The van der Waals surface area contributed by atoms with Crippen LogP contribution in [0.4, 0.5) is 4.39 Å². The van der Waals surface area contributed by atoms with Crippen LogP contribution in [0.5, 0.6) is 5.75 Å². The van der Waals surface area contributed by atoms with Gasteiger partial charge in [0.15, 0.2) is 12.4 Å². The molecule has 1 aliphatic rings. The van der Waals surface area contributed by atoms with Gasteiger partial charge in [-0.1, -0.05) is 19.1 Å². The van der Waals surface area contributed by atoms with E-state index in [4.69, 9.17) is 4.74 Å². The molecule has 1 atom stereocenters. The number of Topliss-reactive ketones (excluding diaryl/α,β-unsaturated/α-hetero) is 1. The molecular weight excluding hydrogens is 347 g/mol. The number of amides is 1. The van der Waals surface area contributed by atoms with Gasteiger partial charge in [0.05, 0.1) is 6.04 Å². The molecule has 1 amide bonds. The Labute approximate surface area is 158 Å². The van der Waals surface area contributed by atoms with E-state index in [1.165, 1.54) is 12.1 Å². The van der Waals surface area contributed by atoms with E-state index in [0.29, 0.717) is 37.4 Å². The molecule has 0 bridgehead atoms. The molecule has 1 heterocycles. The van der Waals surface area contributed by atoms with Crippen LogP contribution < -0.4 is 10.1 Å². The van der Waals surface area contributed by atoms with Crippen molar-refractivity contribution in [2.45, 2.75) is 19.4 Å². The number of piperazine rings is 1. The van der Waals surface area contributed by atoms with E-state index < -0.39 is 0 Å². The largest absolute Gasteiger partial charge is 0.484 e. The van der Waals surface area contributed by atoms with Crippen molar-refractivity contribution in [3.63, 3.8) is 0 Å². The lowest BCUT2D eigenvalue weighted by molar-refractivity contribution is -0.136. The van der Waals surface area contributed by atoms with E-state index in [2.05, 4.69) is 5.32 Å². The minimum absolute atomic E-state index is 0.0661. The maximum atomic E-state index is 13.6. The Morgan fingerprint density at radius 2 is 2.00 bits per heavy atom. The second kappa shape index (κ2) is 8.77. The first kappa shape index (κ1) is 19.0. The van der Waals surface area contributed by atoms with E-state index in [0.717, 1.165) is 5.56 Å². The van der Waals surface area contributed by atoms with Crippen molar-refractivity contribution in [2.75, 3.05) is 26.2 Å². The zero-order valence-corrected chi connectivity index (χ0v) is 15.3. The van der Waals surface area contributed by atoms with Crippen LogP contribution in [0.25, 0.3) is 0 Å². The summed E-state index contributed by atoms with van der Waals surface area (Å²) in [4.78, 5) is 26.1. The molecule has 3 rings (SSSR count). The summed E-state index contributed by atoms with van der Waals surface area (Å²) < 4.78 is 19.2. The molecule has 5 nitrogen and oxygen atoms in total. The van der Waals surface area contributed by atoms with Crippen LogP contribution in [0, 0.1) is 5.82 Å². The molecule has 1 unspecified atom stereocenters. The molecule has 0 aromatic heterocycles. The predicted molar refractivity (Wildman–Crippen MR) is 100 cm³/mol. The van der Waals surface area contributed by atoms with E-state index in [1.54, 1.807) is 35.2 Å². The molecule has 142 valence electrons. The van der Waals surface area contributed by atoms with E-state index in [-0.39, 0.29) is 30.2 Å². The van der Waals surface area contributed by atoms with Gasteiger partial charge in [0.1, 0.15) is 11.6 Å². The van der Waals surface area contributed by atoms with Gasteiger partial charge in [-0.2, -0.15) is 0 Å². The normalized spacial score (nSPS) is 16.8. The van der Waals surface area contributed by atoms with Crippen molar-refractivity contribution in [1.29, 1.82) is 0 Å². The van der Waals surface area contributed by atoms with Gasteiger partial charge in [-0.25, -0.2) is 4.39 Å². The number of carbonyl (C=O) groups is 2. The standard InChI is InChI=1S/C21H23FN2O3/c1-2-20(25)15-6-8-18(9-7-15)27-14-21(26)24-11-10-23-13-19(24)16-4-3-5-17(22)12-16/h3-9,12,19,23H,2,10-11,13-14H2,1H3. The lowest BCUT2D eigenvalue weighted by atomic mass is 10.0. The Bertz CT molecular complexity index is 807. The smallest absolute Gasteiger partial charge is 0.261 e. The monoisotopic (exact) mass is 370 g/mol. The van der Waals surface area contributed by atoms with Gasteiger partial charge in [0, 0.05) is 31.6 Å². The van der Waals surface area contributed by atoms with Gasteiger partial charge in [-0.3, -0.25) is 9.59 Å². The summed E-state index contributed by atoms with van der Waals surface area (Å²) in [7, 11) is 0. The summed E-state index contributed by atoms with van der Waals surface area (Å²) in [6, 6.07) is 12.9. The highest BCUT2D eigenvalue weighted by atomic mass is 19.1. The minimum Gasteiger partial charge on any atom is -0.484 e. The van der Waals surface area contributed by atoms with Crippen LogP contribution in [-0.4, -0.2) is 42.8 Å². The third-order valence-corrected chi connectivity index (χ3v) is 4.66. The molecule has 0 aliphatic carbocycles. The third-order valence-electron chi connectivity index (χ3n) is 4.66. The highest BCUT2D eigenvalue weighted by molar-refractivity contribution is 5.95. The Balaban J connectivity index is 1.64. The number of nitrogens with one attached hydrogen (secondary N) is 1. The third kappa shape index (κ3) is 4.71. The number of rotatable bonds is 6. The zero-order valence-electron chi connectivity index (χ0n) is 15.3. The molecule has 1 fully saturated rings. The first-order valence-corrected chi connectivity index (χ1v) is 9.10. The Morgan fingerprint density at radius 3 is 2.70 bits per heavy atom. The average molecular weight is 370 g/mol. The van der Waals surface area contributed by atoms with Crippen molar-refractivity contribution in [3.8, 4) is 5.75 Å². The van der Waals surface area contributed by atoms with Crippen molar-refractivity contribution >= 4 is 11.7 Å². The molecule has 1 saturated heterocycles. The highest BCUT2D eigenvalue weighted by Gasteiger charge is 2.28. The topological polar surface area (TPSA) is 58.6 Å². The van der Waals surface area contributed by atoms with Crippen LogP contribution in [0.15, 0.2) is 48.5 Å². The summed E-state index contributed by atoms with van der Waals surface area (Å²) in [5.41, 5.74) is 1.39. The zero-order chi connectivity index (χ0) is 19.2. The lowest BCUT2D eigenvalue weighted by Gasteiger charge is -2.36. The summed E-state index contributed by atoms with van der Waals surface area (Å²) in [6.45, 7) is 3.50. The van der Waals surface area contributed by atoms with E-state index >= 15 is 0 Å². The summed E-state index contributed by atoms with van der Waals surface area (Å²) in [5, 5.41) is 3.24. The number of halogens is 1. The second-order valence-corrected chi connectivity index (χ2v) is 6.45. The van der Waals surface area contributed by atoms with Gasteiger partial charge in [0.25, 0.3) is 5.91 Å². The number of ketones is 1. The fraction of sp³-hybridized carbons (Fsp3) is 0.333. The molecule has 2 aromatic carbocycles. The molecule has 0 radical (unpaired) electrons. The number of hydrogen-bond acceptors (Lipinski definition) is 4. The first-order chi connectivity index (χ1) is 13.1. The quantitative estimate of drug-likeness (QED) is 0.795. The summed E-state index contributed by atoms with van der Waals surface area (Å²) >= 11 is 0. The number of hydrogen-bond donors (Lipinski definition) is 1. The fourth-order valence-electron chi connectivity index (χ4n) is 3.18. The number of benzene rings is 2. The maximum Gasteiger partial charge on any atom is 0.261 e. The van der Waals surface area contributed by atoms with Crippen molar-refractivity contribution < 1.29 is 18.7 Å². The molecule has 0 saturated carbocycles. The van der Waals surface area contributed by atoms with Crippen LogP contribution in [0.3, 0.4) is 0 Å². The molecule has 27 heavy (non-hydrogen) atoms. The van der Waals surface area contributed by atoms with Crippen LogP contribution >= 0.6 is 0 Å². The number of carbonyl (C=O) groups excluding carboxylic acids is 2. The number of nitrogens with zero attached hydrogens (tertiary/aromatic N) is 1. The highest BCUT2D eigenvalue weighted by Crippen LogP contribution is 2.23. The molecule has 1 N–H and O–H groups in total.